The summed E-state index contributed by atoms with van der Waals surface area (Å²) in [6, 6.07) is 3.32. The average Bonchev–Trinajstić information content (AvgIpc) is 2.45. The molecule has 0 aromatic heterocycles. The Hall–Kier alpha value is -0.630. The van der Waals surface area contributed by atoms with Crippen LogP contribution in [0.3, 0.4) is 0 Å². The lowest BCUT2D eigenvalue weighted by Crippen LogP contribution is -2.41. The Kier molecular flexibility index (Phi) is 6.62. The van der Waals surface area contributed by atoms with Crippen molar-refractivity contribution in [1.82, 2.24) is 15.1 Å². The minimum atomic E-state index is -0.0156. The summed E-state index contributed by atoms with van der Waals surface area (Å²) in [6.07, 6.45) is 2.15. The molecule has 1 fully saturated rings. The monoisotopic (exact) mass is 252 g/mol. The van der Waals surface area contributed by atoms with Crippen LogP contribution in [0.5, 0.6) is 0 Å². The smallest absolute Gasteiger partial charge is 0.0967 e. The molecule has 0 amide bonds. The van der Waals surface area contributed by atoms with Gasteiger partial charge in [-0.1, -0.05) is 0 Å². The fourth-order valence-corrected chi connectivity index (χ4v) is 2.64. The zero-order valence-electron chi connectivity index (χ0n) is 12.3. The molecule has 0 bridgehead atoms. The molecule has 18 heavy (non-hydrogen) atoms. The van der Waals surface area contributed by atoms with Crippen molar-refractivity contribution in [3.05, 3.63) is 0 Å². The first-order chi connectivity index (χ1) is 8.52. The maximum Gasteiger partial charge on any atom is 0.0967 e. The van der Waals surface area contributed by atoms with Gasteiger partial charge in [0.2, 0.25) is 0 Å². The molecule has 1 aliphatic rings. The van der Waals surface area contributed by atoms with Gasteiger partial charge in [-0.25, -0.2) is 0 Å². The molecule has 1 heterocycles. The molecule has 0 aromatic carbocycles. The van der Waals surface area contributed by atoms with E-state index in [4.69, 9.17) is 5.26 Å². The molecule has 1 saturated heterocycles. The van der Waals surface area contributed by atoms with Gasteiger partial charge < -0.3 is 4.90 Å². The predicted octanol–water partition coefficient (Wildman–Crippen LogP) is 1.29. The fraction of sp³-hybridized carbons (Fsp3) is 0.929. The second-order valence-corrected chi connectivity index (χ2v) is 5.79. The van der Waals surface area contributed by atoms with Crippen LogP contribution in [0.15, 0.2) is 0 Å². The van der Waals surface area contributed by atoms with E-state index in [1.807, 2.05) is 0 Å². The molecule has 2 atom stereocenters. The van der Waals surface area contributed by atoms with Gasteiger partial charge in [0.15, 0.2) is 0 Å². The highest BCUT2D eigenvalue weighted by Crippen LogP contribution is 2.09. The van der Waals surface area contributed by atoms with Gasteiger partial charge in [-0.15, -0.1) is 0 Å². The number of nitriles is 1. The highest BCUT2D eigenvalue weighted by Gasteiger charge is 2.20. The maximum absolute atomic E-state index is 9.13. The molecule has 4 nitrogen and oxygen atoms in total. The van der Waals surface area contributed by atoms with Crippen LogP contribution >= 0.6 is 0 Å². The van der Waals surface area contributed by atoms with Crippen LogP contribution in [0.2, 0.25) is 0 Å². The molecule has 0 spiro atoms. The Morgan fingerprint density at radius 2 is 2.11 bits per heavy atom. The maximum atomic E-state index is 9.13. The van der Waals surface area contributed by atoms with Gasteiger partial charge in [0.1, 0.15) is 0 Å². The highest BCUT2D eigenvalue weighted by atomic mass is 15.2. The predicted molar refractivity (Wildman–Crippen MR) is 75.4 cm³/mol. The first kappa shape index (κ1) is 15.4. The van der Waals surface area contributed by atoms with E-state index in [1.165, 1.54) is 13.0 Å². The van der Waals surface area contributed by atoms with Crippen LogP contribution < -0.4 is 5.32 Å². The summed E-state index contributed by atoms with van der Waals surface area (Å²) in [4.78, 5) is 4.93. The van der Waals surface area contributed by atoms with E-state index in [2.05, 4.69) is 49.0 Å². The molecule has 104 valence electrons. The molecular weight excluding hydrogens is 224 g/mol. The van der Waals surface area contributed by atoms with Crippen molar-refractivity contribution in [1.29, 1.82) is 5.26 Å². The van der Waals surface area contributed by atoms with Crippen LogP contribution in [-0.2, 0) is 0 Å². The summed E-state index contributed by atoms with van der Waals surface area (Å²) in [5.74, 6) is 0. The van der Waals surface area contributed by atoms with Gasteiger partial charge in [0.05, 0.1) is 12.1 Å². The Morgan fingerprint density at radius 3 is 2.72 bits per heavy atom. The number of rotatable bonds is 5. The van der Waals surface area contributed by atoms with Gasteiger partial charge in [-0.05, 0) is 53.8 Å². The van der Waals surface area contributed by atoms with Crippen LogP contribution in [0.1, 0.15) is 33.6 Å². The minimum Gasteiger partial charge on any atom is -0.305 e. The molecule has 1 rings (SSSR count). The summed E-state index contributed by atoms with van der Waals surface area (Å²) >= 11 is 0. The molecule has 4 heteroatoms. The van der Waals surface area contributed by atoms with E-state index < -0.39 is 0 Å². The summed E-state index contributed by atoms with van der Waals surface area (Å²) in [7, 11) is 2.19. The third-order valence-electron chi connectivity index (χ3n) is 3.58. The summed E-state index contributed by atoms with van der Waals surface area (Å²) in [6.45, 7) is 11.0. The molecule has 0 saturated carbocycles. The highest BCUT2D eigenvalue weighted by molar-refractivity contribution is 4.91. The molecule has 0 aromatic rings. The van der Waals surface area contributed by atoms with Gasteiger partial charge in [0, 0.05) is 25.2 Å². The van der Waals surface area contributed by atoms with Crippen molar-refractivity contribution in [2.45, 2.75) is 51.7 Å². The Bertz CT molecular complexity index is 271. The molecule has 1 N–H and O–H groups in total. The zero-order chi connectivity index (χ0) is 13.5. The topological polar surface area (TPSA) is 42.3 Å². The lowest BCUT2D eigenvalue weighted by Gasteiger charge is -2.28. The number of likely N-dealkylation sites (N-methyl/N-ethyl adjacent to an activating group) is 1. The largest absolute Gasteiger partial charge is 0.305 e. The Labute approximate surface area is 112 Å². The quantitative estimate of drug-likeness (QED) is 0.801. The lowest BCUT2D eigenvalue weighted by atomic mass is 10.1. The number of nitrogens with one attached hydrogen (secondary N) is 1. The van der Waals surface area contributed by atoms with E-state index in [0.29, 0.717) is 12.1 Å². The first-order valence-corrected chi connectivity index (χ1v) is 7.11. The molecular formula is C14H28N4. The van der Waals surface area contributed by atoms with Crippen LogP contribution in [0, 0.1) is 11.3 Å². The Morgan fingerprint density at radius 1 is 1.39 bits per heavy atom. The molecule has 0 aliphatic carbocycles. The minimum absolute atomic E-state index is 0.0156. The molecule has 1 aliphatic heterocycles. The Balaban J connectivity index is 2.39. The second kappa shape index (κ2) is 7.73. The third kappa shape index (κ3) is 5.34. The zero-order valence-corrected chi connectivity index (χ0v) is 12.3. The van der Waals surface area contributed by atoms with E-state index in [-0.39, 0.29) is 6.04 Å². The van der Waals surface area contributed by atoms with Crippen molar-refractivity contribution in [2.75, 3.05) is 33.2 Å². The number of nitrogens with zero attached hydrogens (tertiary/aromatic N) is 3. The van der Waals surface area contributed by atoms with Gasteiger partial charge in [0.25, 0.3) is 0 Å². The van der Waals surface area contributed by atoms with E-state index in [1.54, 1.807) is 0 Å². The SMILES string of the molecule is CC(C)NC(C#N)CCN1CCCN(C)CC1C. The van der Waals surface area contributed by atoms with Gasteiger partial charge in [-0.3, -0.25) is 10.2 Å². The summed E-state index contributed by atoms with van der Waals surface area (Å²) < 4.78 is 0. The number of hydrogen-bond donors (Lipinski definition) is 1. The van der Waals surface area contributed by atoms with Crippen LogP contribution in [0.4, 0.5) is 0 Å². The van der Waals surface area contributed by atoms with Crippen LogP contribution in [-0.4, -0.2) is 61.2 Å². The summed E-state index contributed by atoms with van der Waals surface area (Å²) in [5, 5.41) is 12.4. The van der Waals surface area contributed by atoms with E-state index >= 15 is 0 Å². The second-order valence-electron chi connectivity index (χ2n) is 5.79. The normalized spacial score (nSPS) is 24.8. The number of hydrogen-bond acceptors (Lipinski definition) is 4. The summed E-state index contributed by atoms with van der Waals surface area (Å²) in [5.41, 5.74) is 0. The third-order valence-corrected chi connectivity index (χ3v) is 3.58. The lowest BCUT2D eigenvalue weighted by molar-refractivity contribution is 0.195. The van der Waals surface area contributed by atoms with Crippen molar-refractivity contribution in [2.24, 2.45) is 0 Å². The molecule has 0 radical (unpaired) electrons. The first-order valence-electron chi connectivity index (χ1n) is 7.11. The fourth-order valence-electron chi connectivity index (χ4n) is 2.64. The van der Waals surface area contributed by atoms with Crippen molar-refractivity contribution < 1.29 is 0 Å². The van der Waals surface area contributed by atoms with Gasteiger partial charge >= 0.3 is 0 Å². The van der Waals surface area contributed by atoms with Crippen molar-refractivity contribution in [3.63, 3.8) is 0 Å². The standard InChI is InChI=1S/C14H28N4/c1-12(2)16-14(10-15)6-9-18-8-5-7-17(4)11-13(18)3/h12-14,16H,5-9,11H2,1-4H3. The van der Waals surface area contributed by atoms with E-state index in [0.717, 1.165) is 26.1 Å². The average molecular weight is 252 g/mol. The van der Waals surface area contributed by atoms with E-state index in [9.17, 15) is 0 Å². The van der Waals surface area contributed by atoms with Crippen molar-refractivity contribution >= 4 is 0 Å². The van der Waals surface area contributed by atoms with Crippen molar-refractivity contribution in [3.8, 4) is 6.07 Å². The van der Waals surface area contributed by atoms with Gasteiger partial charge in [-0.2, -0.15) is 5.26 Å². The molecule has 2 unspecified atom stereocenters. The van der Waals surface area contributed by atoms with Crippen LogP contribution in [0.25, 0.3) is 0 Å².